The van der Waals surface area contributed by atoms with E-state index < -0.39 is 0 Å². The van der Waals surface area contributed by atoms with Gasteiger partial charge in [0, 0.05) is 0 Å². The van der Waals surface area contributed by atoms with Crippen LogP contribution in [0.5, 0.6) is 0 Å². The first-order valence-electron chi connectivity index (χ1n) is 4.37. The Morgan fingerprint density at radius 2 is 1.00 bits per heavy atom. The highest BCUT2D eigenvalue weighted by molar-refractivity contribution is 5.56. The monoisotopic (exact) mass is 168 g/mol. The fourth-order valence-electron chi connectivity index (χ4n) is 0.961. The summed E-state index contributed by atoms with van der Waals surface area (Å²) in [5.74, 6) is 0. The summed E-state index contributed by atoms with van der Waals surface area (Å²) in [6, 6.07) is 0. The van der Waals surface area contributed by atoms with Crippen molar-refractivity contribution in [3.8, 4) is 0 Å². The third kappa shape index (κ3) is 2.43. The molecular formula is C10H20N2. The zero-order valence-corrected chi connectivity index (χ0v) is 9.05. The van der Waals surface area contributed by atoms with Gasteiger partial charge in [-0.15, -0.1) is 0 Å². The second-order valence-corrected chi connectivity index (χ2v) is 3.89. The third-order valence-electron chi connectivity index (χ3n) is 2.40. The molecule has 0 atom stereocenters. The average Bonchev–Trinajstić information content (AvgIpc) is 1.86. The summed E-state index contributed by atoms with van der Waals surface area (Å²) in [4.78, 5) is 8.82. The lowest BCUT2D eigenvalue weighted by molar-refractivity contribution is 0.317. The third-order valence-corrected chi connectivity index (χ3v) is 2.40. The molecule has 12 heavy (non-hydrogen) atoms. The Morgan fingerprint density at radius 3 is 1.17 bits per heavy atom. The Hall–Kier alpha value is -0.660. The SMILES string of the molecule is CC=NC(C)(C)C(C)(C)N=CC. The van der Waals surface area contributed by atoms with E-state index >= 15 is 0 Å². The van der Waals surface area contributed by atoms with E-state index in [9.17, 15) is 0 Å². The van der Waals surface area contributed by atoms with E-state index in [0.29, 0.717) is 0 Å². The van der Waals surface area contributed by atoms with Crippen LogP contribution in [0.3, 0.4) is 0 Å². The molecule has 0 fully saturated rings. The molecule has 0 unspecified atom stereocenters. The average molecular weight is 168 g/mol. The molecule has 2 nitrogen and oxygen atoms in total. The smallest absolute Gasteiger partial charge is 0.0792 e. The molecule has 0 aromatic rings. The minimum atomic E-state index is -0.131. The largest absolute Gasteiger partial charge is 0.289 e. The van der Waals surface area contributed by atoms with Gasteiger partial charge in [0.1, 0.15) is 0 Å². The second kappa shape index (κ2) is 3.83. The molecule has 0 spiro atoms. The fraction of sp³-hybridized carbons (Fsp3) is 0.800. The van der Waals surface area contributed by atoms with Gasteiger partial charge in [0.2, 0.25) is 0 Å². The van der Waals surface area contributed by atoms with Crippen molar-refractivity contribution >= 4 is 12.4 Å². The molecule has 0 aromatic carbocycles. The van der Waals surface area contributed by atoms with Gasteiger partial charge in [-0.3, -0.25) is 9.98 Å². The number of hydrogen-bond donors (Lipinski definition) is 0. The second-order valence-electron chi connectivity index (χ2n) is 3.89. The molecule has 0 aliphatic carbocycles. The molecule has 0 heterocycles. The summed E-state index contributed by atoms with van der Waals surface area (Å²) in [6.45, 7) is 12.3. The minimum absolute atomic E-state index is 0.131. The van der Waals surface area contributed by atoms with E-state index in [0.717, 1.165) is 0 Å². The van der Waals surface area contributed by atoms with Crippen LogP contribution < -0.4 is 0 Å². The first-order chi connectivity index (χ1) is 5.37. The summed E-state index contributed by atoms with van der Waals surface area (Å²) in [5, 5.41) is 0. The Kier molecular flexibility index (Phi) is 3.62. The number of hydrogen-bond acceptors (Lipinski definition) is 2. The highest BCUT2D eigenvalue weighted by atomic mass is 15.0. The Morgan fingerprint density at radius 1 is 0.750 bits per heavy atom. The standard InChI is InChI=1S/C10H20N2/c1-7-11-9(3,4)10(5,6)12-8-2/h7-8H,1-6H3. The number of aliphatic imine (C=N–C) groups is 2. The summed E-state index contributed by atoms with van der Waals surface area (Å²) < 4.78 is 0. The van der Waals surface area contributed by atoms with E-state index in [2.05, 4.69) is 37.7 Å². The molecule has 0 rings (SSSR count). The van der Waals surface area contributed by atoms with Crippen LogP contribution in [0.15, 0.2) is 9.98 Å². The number of nitrogens with zero attached hydrogens (tertiary/aromatic N) is 2. The summed E-state index contributed by atoms with van der Waals surface area (Å²) in [7, 11) is 0. The molecule has 0 saturated carbocycles. The molecule has 70 valence electrons. The maximum absolute atomic E-state index is 4.41. The van der Waals surface area contributed by atoms with E-state index in [-0.39, 0.29) is 11.1 Å². The van der Waals surface area contributed by atoms with Crippen molar-refractivity contribution in [3.63, 3.8) is 0 Å². The maximum Gasteiger partial charge on any atom is 0.0792 e. The number of rotatable bonds is 3. The minimum Gasteiger partial charge on any atom is -0.289 e. The van der Waals surface area contributed by atoms with Crippen molar-refractivity contribution in [2.75, 3.05) is 0 Å². The van der Waals surface area contributed by atoms with Crippen LogP contribution in [0.2, 0.25) is 0 Å². The van der Waals surface area contributed by atoms with E-state index in [1.807, 2.05) is 26.3 Å². The van der Waals surface area contributed by atoms with Gasteiger partial charge in [-0.05, 0) is 54.0 Å². The highest BCUT2D eigenvalue weighted by Gasteiger charge is 2.35. The molecule has 0 N–H and O–H groups in total. The van der Waals surface area contributed by atoms with Gasteiger partial charge in [0.15, 0.2) is 0 Å². The van der Waals surface area contributed by atoms with Crippen LogP contribution >= 0.6 is 0 Å². The first-order valence-corrected chi connectivity index (χ1v) is 4.37. The quantitative estimate of drug-likeness (QED) is 0.579. The molecule has 0 amide bonds. The molecule has 2 heteroatoms. The highest BCUT2D eigenvalue weighted by Crippen LogP contribution is 2.28. The van der Waals surface area contributed by atoms with Gasteiger partial charge < -0.3 is 0 Å². The molecule has 0 aliphatic rings. The Bertz CT molecular complexity index is 166. The van der Waals surface area contributed by atoms with Crippen LogP contribution in [0, 0.1) is 0 Å². The van der Waals surface area contributed by atoms with Crippen LogP contribution in [0.1, 0.15) is 41.5 Å². The van der Waals surface area contributed by atoms with Gasteiger partial charge in [-0.1, -0.05) is 0 Å². The fourth-order valence-corrected chi connectivity index (χ4v) is 0.961. The van der Waals surface area contributed by atoms with Crippen LogP contribution in [0.4, 0.5) is 0 Å². The molecule has 0 bridgehead atoms. The zero-order valence-electron chi connectivity index (χ0n) is 9.05. The zero-order chi connectivity index (χ0) is 9.83. The van der Waals surface area contributed by atoms with Crippen LogP contribution in [-0.2, 0) is 0 Å². The Labute approximate surface area is 75.8 Å². The first kappa shape index (κ1) is 11.3. The van der Waals surface area contributed by atoms with Gasteiger partial charge in [0.05, 0.1) is 11.1 Å². The van der Waals surface area contributed by atoms with E-state index in [1.165, 1.54) is 0 Å². The summed E-state index contributed by atoms with van der Waals surface area (Å²) in [5.41, 5.74) is -0.261. The lowest BCUT2D eigenvalue weighted by Crippen LogP contribution is -2.42. The lowest BCUT2D eigenvalue weighted by Gasteiger charge is -2.34. The van der Waals surface area contributed by atoms with E-state index in [1.54, 1.807) is 0 Å². The van der Waals surface area contributed by atoms with Gasteiger partial charge in [-0.2, -0.15) is 0 Å². The van der Waals surface area contributed by atoms with E-state index in [4.69, 9.17) is 0 Å². The predicted octanol–water partition coefficient (Wildman–Crippen LogP) is 2.73. The summed E-state index contributed by atoms with van der Waals surface area (Å²) >= 11 is 0. The Balaban J connectivity index is 4.73. The van der Waals surface area contributed by atoms with Gasteiger partial charge in [0.25, 0.3) is 0 Å². The van der Waals surface area contributed by atoms with Crippen molar-refractivity contribution in [1.29, 1.82) is 0 Å². The van der Waals surface area contributed by atoms with Crippen molar-refractivity contribution in [1.82, 2.24) is 0 Å². The molecule has 0 radical (unpaired) electrons. The van der Waals surface area contributed by atoms with Crippen molar-refractivity contribution in [3.05, 3.63) is 0 Å². The summed E-state index contributed by atoms with van der Waals surface area (Å²) in [6.07, 6.45) is 3.68. The van der Waals surface area contributed by atoms with Gasteiger partial charge >= 0.3 is 0 Å². The van der Waals surface area contributed by atoms with Crippen LogP contribution in [0.25, 0.3) is 0 Å². The molecular weight excluding hydrogens is 148 g/mol. The topological polar surface area (TPSA) is 24.7 Å². The van der Waals surface area contributed by atoms with Crippen molar-refractivity contribution in [2.45, 2.75) is 52.6 Å². The molecule has 0 aliphatic heterocycles. The predicted molar refractivity (Wildman–Crippen MR) is 56.5 cm³/mol. The van der Waals surface area contributed by atoms with Crippen molar-refractivity contribution in [2.24, 2.45) is 9.98 Å². The molecule has 0 aromatic heterocycles. The maximum atomic E-state index is 4.41. The lowest BCUT2D eigenvalue weighted by atomic mass is 9.84. The normalized spacial score (nSPS) is 14.8. The van der Waals surface area contributed by atoms with Crippen LogP contribution in [-0.4, -0.2) is 23.5 Å². The molecule has 0 saturated heterocycles. The van der Waals surface area contributed by atoms with Gasteiger partial charge in [-0.25, -0.2) is 0 Å². The van der Waals surface area contributed by atoms with Crippen molar-refractivity contribution < 1.29 is 0 Å².